The van der Waals surface area contributed by atoms with Crippen LogP contribution in [0.25, 0.3) is 10.2 Å². The van der Waals surface area contributed by atoms with E-state index in [0.717, 1.165) is 53.4 Å². The third-order valence-corrected chi connectivity index (χ3v) is 7.91. The first-order valence-electron chi connectivity index (χ1n) is 11.1. The molecule has 3 atom stereocenters. The van der Waals surface area contributed by atoms with Crippen molar-refractivity contribution in [2.75, 3.05) is 24.6 Å². The number of ether oxygens (including phenoxy) is 1. The number of fused-ring (bicyclic) bond motifs is 1. The van der Waals surface area contributed by atoms with Crippen LogP contribution in [0.15, 0.2) is 18.2 Å². The molecule has 1 N–H and O–H groups in total. The van der Waals surface area contributed by atoms with Gasteiger partial charge in [0.15, 0.2) is 5.13 Å². The van der Waals surface area contributed by atoms with Crippen LogP contribution in [0, 0.1) is 17.8 Å². The van der Waals surface area contributed by atoms with Crippen LogP contribution in [-0.4, -0.2) is 36.6 Å². The van der Waals surface area contributed by atoms with E-state index in [1.165, 1.54) is 12.8 Å². The van der Waals surface area contributed by atoms with Crippen molar-refractivity contribution in [3.63, 3.8) is 0 Å². The lowest BCUT2D eigenvalue weighted by atomic mass is 9.78. The quantitative estimate of drug-likeness (QED) is 0.758. The number of rotatable bonds is 5. The summed E-state index contributed by atoms with van der Waals surface area (Å²) in [7, 11) is 0. The number of amides is 1. The summed E-state index contributed by atoms with van der Waals surface area (Å²) in [5, 5.41) is 4.44. The van der Waals surface area contributed by atoms with Crippen molar-refractivity contribution in [3.8, 4) is 5.75 Å². The molecule has 0 spiro atoms. The highest BCUT2D eigenvalue weighted by atomic mass is 32.1. The summed E-state index contributed by atoms with van der Waals surface area (Å²) < 4.78 is 6.76. The number of benzene rings is 1. The molecule has 2 aliphatic rings. The molecule has 1 aromatic carbocycles. The van der Waals surface area contributed by atoms with E-state index in [9.17, 15) is 4.79 Å². The Labute approximate surface area is 177 Å². The monoisotopic (exact) mass is 415 g/mol. The van der Waals surface area contributed by atoms with Gasteiger partial charge in [0.25, 0.3) is 0 Å². The first-order chi connectivity index (χ1) is 14.0. The number of hydrogen-bond acceptors (Lipinski definition) is 5. The second-order valence-electron chi connectivity index (χ2n) is 8.70. The molecule has 2 aromatic rings. The highest BCUT2D eigenvalue weighted by Crippen LogP contribution is 2.34. The Bertz CT molecular complexity index is 844. The van der Waals surface area contributed by atoms with E-state index in [1.54, 1.807) is 11.3 Å². The summed E-state index contributed by atoms with van der Waals surface area (Å²) >= 11 is 1.72. The summed E-state index contributed by atoms with van der Waals surface area (Å²) in [5.41, 5.74) is 1.02. The van der Waals surface area contributed by atoms with Gasteiger partial charge in [0.2, 0.25) is 5.91 Å². The summed E-state index contributed by atoms with van der Waals surface area (Å²) in [6.07, 6.45) is 5.47. The minimum atomic E-state index is 0.134. The lowest BCUT2D eigenvalue weighted by Gasteiger charge is -2.37. The zero-order valence-corrected chi connectivity index (χ0v) is 18.6. The van der Waals surface area contributed by atoms with Gasteiger partial charge >= 0.3 is 0 Å². The van der Waals surface area contributed by atoms with Crippen molar-refractivity contribution in [2.45, 2.75) is 58.9 Å². The summed E-state index contributed by atoms with van der Waals surface area (Å²) in [5.74, 6) is 2.59. The van der Waals surface area contributed by atoms with Gasteiger partial charge in [-0.05, 0) is 56.2 Å². The SMILES string of the molecule is CCOc1ccc2nc(N3CCC(C(=O)NC4CCCC(C)C4C)CC3)sc2c1. The molecule has 1 aliphatic carbocycles. The van der Waals surface area contributed by atoms with Crippen molar-refractivity contribution >= 4 is 32.6 Å². The van der Waals surface area contributed by atoms with Crippen molar-refractivity contribution in [1.82, 2.24) is 10.3 Å². The van der Waals surface area contributed by atoms with Crippen molar-refractivity contribution in [2.24, 2.45) is 17.8 Å². The molecule has 1 aliphatic heterocycles. The molecule has 0 bridgehead atoms. The van der Waals surface area contributed by atoms with E-state index in [0.29, 0.717) is 24.5 Å². The number of nitrogens with zero attached hydrogens (tertiary/aromatic N) is 2. The van der Waals surface area contributed by atoms with E-state index >= 15 is 0 Å². The maximum atomic E-state index is 12.8. The Morgan fingerprint density at radius 2 is 2.03 bits per heavy atom. The standard InChI is InChI=1S/C23H33N3O2S/c1-4-28-18-8-9-20-21(14-18)29-23(25-20)26-12-10-17(11-13-26)22(27)24-19-7-5-6-15(2)16(19)3/h8-9,14-17,19H,4-7,10-13H2,1-3H3,(H,24,27). The van der Waals surface area contributed by atoms with Gasteiger partial charge in [-0.25, -0.2) is 4.98 Å². The third-order valence-electron chi connectivity index (χ3n) is 6.83. The van der Waals surface area contributed by atoms with Gasteiger partial charge in [0.05, 0.1) is 16.8 Å². The minimum absolute atomic E-state index is 0.134. The van der Waals surface area contributed by atoms with Gasteiger partial charge < -0.3 is 15.0 Å². The van der Waals surface area contributed by atoms with Crippen LogP contribution in [0.4, 0.5) is 5.13 Å². The van der Waals surface area contributed by atoms with Crippen LogP contribution >= 0.6 is 11.3 Å². The minimum Gasteiger partial charge on any atom is -0.494 e. The number of carbonyl (C=O) groups excluding carboxylic acids is 1. The van der Waals surface area contributed by atoms with E-state index < -0.39 is 0 Å². The van der Waals surface area contributed by atoms with E-state index in [-0.39, 0.29) is 11.8 Å². The average molecular weight is 416 g/mol. The Morgan fingerprint density at radius 3 is 2.79 bits per heavy atom. The molecule has 2 fully saturated rings. The van der Waals surface area contributed by atoms with E-state index in [4.69, 9.17) is 9.72 Å². The van der Waals surface area contributed by atoms with Crippen molar-refractivity contribution in [1.29, 1.82) is 0 Å². The van der Waals surface area contributed by atoms with E-state index in [2.05, 4.69) is 30.1 Å². The molecular formula is C23H33N3O2S. The maximum absolute atomic E-state index is 12.8. The molecule has 2 heterocycles. The smallest absolute Gasteiger partial charge is 0.223 e. The molecular weight excluding hydrogens is 382 g/mol. The first-order valence-corrected chi connectivity index (χ1v) is 12.0. The van der Waals surface area contributed by atoms with Crippen LogP contribution < -0.4 is 15.0 Å². The lowest BCUT2D eigenvalue weighted by molar-refractivity contribution is -0.127. The molecule has 3 unspecified atom stereocenters. The van der Waals surface area contributed by atoms with Crippen LogP contribution in [0.1, 0.15) is 52.9 Å². The van der Waals surface area contributed by atoms with Gasteiger partial charge in [-0.15, -0.1) is 0 Å². The molecule has 4 rings (SSSR count). The predicted molar refractivity (Wildman–Crippen MR) is 120 cm³/mol. The average Bonchev–Trinajstić information content (AvgIpc) is 3.15. The number of carbonyl (C=O) groups is 1. The normalized spacial score (nSPS) is 25.9. The van der Waals surface area contributed by atoms with Crippen LogP contribution in [0.2, 0.25) is 0 Å². The van der Waals surface area contributed by atoms with Crippen LogP contribution in [0.3, 0.4) is 0 Å². The fourth-order valence-electron chi connectivity index (χ4n) is 4.70. The number of thiazole rings is 1. The Balaban J connectivity index is 1.34. The summed E-state index contributed by atoms with van der Waals surface area (Å²) in [6.45, 7) is 9.07. The summed E-state index contributed by atoms with van der Waals surface area (Å²) in [6, 6.07) is 6.45. The number of nitrogens with one attached hydrogen (secondary N) is 1. The number of anilines is 1. The van der Waals surface area contributed by atoms with Gasteiger partial charge in [-0.3, -0.25) is 4.79 Å². The highest BCUT2D eigenvalue weighted by molar-refractivity contribution is 7.22. The van der Waals surface area contributed by atoms with Crippen LogP contribution in [0.5, 0.6) is 5.75 Å². The topological polar surface area (TPSA) is 54.5 Å². The molecule has 29 heavy (non-hydrogen) atoms. The summed E-state index contributed by atoms with van der Waals surface area (Å²) in [4.78, 5) is 20.0. The molecule has 1 saturated heterocycles. The molecule has 1 saturated carbocycles. The molecule has 1 amide bonds. The second-order valence-corrected chi connectivity index (χ2v) is 9.71. The van der Waals surface area contributed by atoms with Crippen molar-refractivity contribution in [3.05, 3.63) is 18.2 Å². The lowest BCUT2D eigenvalue weighted by Crippen LogP contribution is -2.48. The Kier molecular flexibility index (Phi) is 6.28. The van der Waals surface area contributed by atoms with E-state index in [1.807, 2.05) is 19.1 Å². The number of aromatic nitrogens is 1. The molecule has 158 valence electrons. The van der Waals surface area contributed by atoms with Crippen LogP contribution in [-0.2, 0) is 4.79 Å². The predicted octanol–water partition coefficient (Wildman–Crippen LogP) is 4.85. The fourth-order valence-corrected chi connectivity index (χ4v) is 5.75. The highest BCUT2D eigenvalue weighted by Gasteiger charge is 2.32. The number of hydrogen-bond donors (Lipinski definition) is 1. The van der Waals surface area contributed by atoms with Crippen molar-refractivity contribution < 1.29 is 9.53 Å². The molecule has 5 nitrogen and oxygen atoms in total. The number of piperidine rings is 1. The van der Waals surface area contributed by atoms with Gasteiger partial charge in [0, 0.05) is 25.0 Å². The zero-order valence-electron chi connectivity index (χ0n) is 17.8. The Hall–Kier alpha value is -1.82. The maximum Gasteiger partial charge on any atom is 0.223 e. The molecule has 1 aromatic heterocycles. The van der Waals surface area contributed by atoms with Gasteiger partial charge in [0.1, 0.15) is 5.75 Å². The first kappa shape index (κ1) is 20.5. The molecule has 6 heteroatoms. The molecule has 0 radical (unpaired) electrons. The third kappa shape index (κ3) is 4.52. The Morgan fingerprint density at radius 1 is 1.24 bits per heavy atom. The second kappa shape index (κ2) is 8.90. The largest absolute Gasteiger partial charge is 0.494 e. The van der Waals surface area contributed by atoms with Gasteiger partial charge in [-0.2, -0.15) is 0 Å². The zero-order chi connectivity index (χ0) is 20.4. The fraction of sp³-hybridized carbons (Fsp3) is 0.652. The van der Waals surface area contributed by atoms with Gasteiger partial charge in [-0.1, -0.05) is 38.0 Å².